The van der Waals surface area contributed by atoms with Gasteiger partial charge >= 0.3 is 0 Å². The molecule has 114 valence electrons. The number of nitrogens with two attached hydrogens (primary N) is 1. The van der Waals surface area contributed by atoms with Gasteiger partial charge in [-0.05, 0) is 42.0 Å². The van der Waals surface area contributed by atoms with E-state index in [0.717, 1.165) is 27.6 Å². The van der Waals surface area contributed by atoms with E-state index >= 15 is 0 Å². The van der Waals surface area contributed by atoms with Crippen LogP contribution < -0.4 is 20.5 Å². The molecule has 2 aromatic rings. The number of anilines is 1. The summed E-state index contributed by atoms with van der Waals surface area (Å²) in [5.41, 5.74) is 7.33. The summed E-state index contributed by atoms with van der Waals surface area (Å²) in [4.78, 5) is 12.9. The third-order valence-corrected chi connectivity index (χ3v) is 4.19. The van der Waals surface area contributed by atoms with Gasteiger partial charge in [-0.1, -0.05) is 6.07 Å². The van der Waals surface area contributed by atoms with Gasteiger partial charge in [0.05, 0.1) is 5.75 Å². The number of carbonyl (C=O) groups is 1. The van der Waals surface area contributed by atoms with Crippen LogP contribution in [-0.4, -0.2) is 18.5 Å². The van der Waals surface area contributed by atoms with Crippen LogP contribution in [0.5, 0.6) is 11.5 Å². The Balaban J connectivity index is 1.47. The predicted octanol–water partition coefficient (Wildman–Crippen LogP) is 2.41. The number of hydrogen-bond acceptors (Lipinski definition) is 5. The van der Waals surface area contributed by atoms with Crippen LogP contribution in [0.2, 0.25) is 0 Å². The van der Waals surface area contributed by atoms with Crippen molar-refractivity contribution in [2.75, 3.05) is 18.3 Å². The zero-order valence-electron chi connectivity index (χ0n) is 11.9. The molecule has 0 radical (unpaired) electrons. The minimum atomic E-state index is -0.0144. The lowest BCUT2D eigenvalue weighted by molar-refractivity contribution is -0.118. The van der Waals surface area contributed by atoms with E-state index in [2.05, 4.69) is 5.32 Å². The van der Waals surface area contributed by atoms with Gasteiger partial charge in [-0.25, -0.2) is 0 Å². The Morgan fingerprint density at radius 2 is 1.91 bits per heavy atom. The number of nitrogens with one attached hydrogen (secondary N) is 1. The minimum Gasteiger partial charge on any atom is -0.454 e. The second-order valence-corrected chi connectivity index (χ2v) is 5.87. The Morgan fingerprint density at radius 1 is 1.14 bits per heavy atom. The monoisotopic (exact) mass is 316 g/mol. The Bertz CT molecular complexity index is 674. The van der Waals surface area contributed by atoms with Crippen LogP contribution in [0.15, 0.2) is 47.4 Å². The lowest BCUT2D eigenvalue weighted by Crippen LogP contribution is -2.24. The topological polar surface area (TPSA) is 73.6 Å². The molecule has 0 unspecified atom stereocenters. The molecule has 0 saturated carbocycles. The molecule has 1 aliphatic rings. The number of thioether (sulfide) groups is 1. The molecule has 0 saturated heterocycles. The summed E-state index contributed by atoms with van der Waals surface area (Å²) in [5.74, 6) is 1.82. The zero-order chi connectivity index (χ0) is 15.4. The fourth-order valence-corrected chi connectivity index (χ4v) is 2.74. The van der Waals surface area contributed by atoms with Gasteiger partial charge in [0.1, 0.15) is 0 Å². The van der Waals surface area contributed by atoms with Crippen molar-refractivity contribution in [2.24, 2.45) is 0 Å². The van der Waals surface area contributed by atoms with Crippen molar-refractivity contribution in [3.63, 3.8) is 0 Å². The first-order chi connectivity index (χ1) is 10.7. The largest absolute Gasteiger partial charge is 0.454 e. The van der Waals surface area contributed by atoms with Crippen LogP contribution in [0.25, 0.3) is 0 Å². The number of nitrogen functional groups attached to an aromatic ring is 1. The van der Waals surface area contributed by atoms with Crippen LogP contribution in [0.1, 0.15) is 5.56 Å². The van der Waals surface area contributed by atoms with Gasteiger partial charge in [0.2, 0.25) is 12.7 Å². The third kappa shape index (κ3) is 3.65. The first kappa shape index (κ1) is 14.6. The number of hydrogen-bond donors (Lipinski definition) is 2. The van der Waals surface area contributed by atoms with Crippen molar-refractivity contribution in [2.45, 2.75) is 11.4 Å². The van der Waals surface area contributed by atoms with Gasteiger partial charge < -0.3 is 20.5 Å². The standard InChI is InChI=1S/C16H16N2O3S/c17-12-2-4-13(5-3-12)22-9-16(19)18-8-11-1-6-14-15(7-11)21-10-20-14/h1-7H,8-10,17H2,(H,18,19). The average Bonchev–Trinajstić information content (AvgIpc) is 3.00. The summed E-state index contributed by atoms with van der Waals surface area (Å²) < 4.78 is 10.6. The SMILES string of the molecule is Nc1ccc(SCC(=O)NCc2ccc3c(c2)OCO3)cc1. The molecule has 1 amide bonds. The molecule has 1 aliphatic heterocycles. The summed E-state index contributed by atoms with van der Waals surface area (Å²) in [6, 6.07) is 13.1. The van der Waals surface area contributed by atoms with Crippen molar-refractivity contribution in [3.8, 4) is 11.5 Å². The summed E-state index contributed by atoms with van der Waals surface area (Å²) in [6.07, 6.45) is 0. The molecule has 0 spiro atoms. The normalized spacial score (nSPS) is 12.2. The third-order valence-electron chi connectivity index (χ3n) is 3.18. The van der Waals surface area contributed by atoms with Crippen molar-refractivity contribution in [3.05, 3.63) is 48.0 Å². The number of fused-ring (bicyclic) bond motifs is 1. The first-order valence-corrected chi connectivity index (χ1v) is 7.83. The molecule has 3 N–H and O–H groups in total. The molecule has 22 heavy (non-hydrogen) atoms. The minimum absolute atomic E-state index is 0.0144. The molecule has 2 aromatic carbocycles. The lowest BCUT2D eigenvalue weighted by atomic mass is 10.2. The summed E-state index contributed by atoms with van der Waals surface area (Å²) in [5, 5.41) is 2.89. The fraction of sp³-hybridized carbons (Fsp3) is 0.188. The highest BCUT2D eigenvalue weighted by Crippen LogP contribution is 2.32. The van der Waals surface area contributed by atoms with Gasteiger partial charge in [0.15, 0.2) is 11.5 Å². The molecule has 0 aliphatic carbocycles. The number of benzene rings is 2. The van der Waals surface area contributed by atoms with Crippen LogP contribution in [0, 0.1) is 0 Å². The molecule has 0 aromatic heterocycles. The highest BCUT2D eigenvalue weighted by Gasteiger charge is 2.13. The molecular formula is C16H16N2O3S. The van der Waals surface area contributed by atoms with Gasteiger partial charge in [0, 0.05) is 17.1 Å². The van der Waals surface area contributed by atoms with E-state index in [-0.39, 0.29) is 12.7 Å². The summed E-state index contributed by atoms with van der Waals surface area (Å²) in [6.45, 7) is 0.723. The van der Waals surface area contributed by atoms with Gasteiger partial charge in [-0.3, -0.25) is 4.79 Å². The fourth-order valence-electron chi connectivity index (χ4n) is 2.02. The lowest BCUT2D eigenvalue weighted by Gasteiger charge is -2.06. The molecule has 6 heteroatoms. The molecule has 0 fully saturated rings. The Labute approximate surface area is 132 Å². The quantitative estimate of drug-likeness (QED) is 0.654. The van der Waals surface area contributed by atoms with Crippen LogP contribution >= 0.6 is 11.8 Å². The van der Waals surface area contributed by atoms with Gasteiger partial charge in [-0.2, -0.15) is 0 Å². The molecule has 0 atom stereocenters. The predicted molar refractivity (Wildman–Crippen MR) is 86.0 cm³/mol. The average molecular weight is 316 g/mol. The van der Waals surface area contributed by atoms with Crippen molar-refractivity contribution < 1.29 is 14.3 Å². The van der Waals surface area contributed by atoms with Crippen molar-refractivity contribution in [1.82, 2.24) is 5.32 Å². The smallest absolute Gasteiger partial charge is 0.231 e. The maximum absolute atomic E-state index is 11.9. The summed E-state index contributed by atoms with van der Waals surface area (Å²) in [7, 11) is 0. The molecule has 1 heterocycles. The number of ether oxygens (including phenoxy) is 2. The van der Waals surface area contributed by atoms with Crippen LogP contribution in [0.3, 0.4) is 0 Å². The molecule has 0 bridgehead atoms. The Morgan fingerprint density at radius 3 is 2.73 bits per heavy atom. The highest BCUT2D eigenvalue weighted by atomic mass is 32.2. The maximum atomic E-state index is 11.9. The van der Waals surface area contributed by atoms with E-state index in [1.165, 1.54) is 11.8 Å². The van der Waals surface area contributed by atoms with E-state index in [1.54, 1.807) is 0 Å². The second-order valence-electron chi connectivity index (χ2n) is 4.82. The highest BCUT2D eigenvalue weighted by molar-refractivity contribution is 8.00. The molecule has 3 rings (SSSR count). The second kappa shape index (κ2) is 6.62. The summed E-state index contributed by atoms with van der Waals surface area (Å²) >= 11 is 1.48. The van der Waals surface area contributed by atoms with Gasteiger partial charge in [0.25, 0.3) is 0 Å². The van der Waals surface area contributed by atoms with E-state index in [1.807, 2.05) is 42.5 Å². The Kier molecular flexibility index (Phi) is 4.39. The van der Waals surface area contributed by atoms with Crippen molar-refractivity contribution in [1.29, 1.82) is 0 Å². The molecular weight excluding hydrogens is 300 g/mol. The number of amides is 1. The van der Waals surface area contributed by atoms with E-state index < -0.39 is 0 Å². The zero-order valence-corrected chi connectivity index (χ0v) is 12.7. The van der Waals surface area contributed by atoms with Gasteiger partial charge in [-0.15, -0.1) is 11.8 Å². The Hall–Kier alpha value is -2.34. The van der Waals surface area contributed by atoms with Crippen LogP contribution in [0.4, 0.5) is 5.69 Å². The number of rotatable bonds is 5. The maximum Gasteiger partial charge on any atom is 0.231 e. The van der Waals surface area contributed by atoms with E-state index in [9.17, 15) is 4.79 Å². The van der Waals surface area contributed by atoms with Crippen molar-refractivity contribution >= 4 is 23.4 Å². The molecule has 5 nitrogen and oxygen atoms in total. The van der Waals surface area contributed by atoms with Crippen LogP contribution in [-0.2, 0) is 11.3 Å². The number of carbonyl (C=O) groups excluding carboxylic acids is 1. The van der Waals surface area contributed by atoms with E-state index in [0.29, 0.717) is 12.3 Å². The van der Waals surface area contributed by atoms with E-state index in [4.69, 9.17) is 15.2 Å². The first-order valence-electron chi connectivity index (χ1n) is 6.84.